The molecule has 154 valence electrons. The first-order chi connectivity index (χ1) is 14.6. The normalized spacial score (nSPS) is 15.1. The van der Waals surface area contributed by atoms with Gasteiger partial charge in [0, 0.05) is 49.4 Å². The summed E-state index contributed by atoms with van der Waals surface area (Å²) in [6.07, 6.45) is 1.74. The molecule has 0 spiro atoms. The molecule has 8 nitrogen and oxygen atoms in total. The second-order valence-corrected chi connectivity index (χ2v) is 7.39. The molecular weight excluding hydrogens is 384 g/mol. The topological polar surface area (TPSA) is 102 Å². The molecular formula is C22H22N4O4. The first-order valence-corrected chi connectivity index (χ1v) is 9.87. The minimum absolute atomic E-state index is 0.0443. The van der Waals surface area contributed by atoms with Crippen LogP contribution in [0.1, 0.15) is 28.9 Å². The molecule has 1 N–H and O–H groups in total. The van der Waals surface area contributed by atoms with Gasteiger partial charge in [0.25, 0.3) is 11.6 Å². The highest BCUT2D eigenvalue weighted by Gasteiger charge is 2.23. The molecule has 1 aliphatic rings. The van der Waals surface area contributed by atoms with Crippen LogP contribution >= 0.6 is 0 Å². The van der Waals surface area contributed by atoms with Crippen molar-refractivity contribution in [2.24, 2.45) is 0 Å². The van der Waals surface area contributed by atoms with E-state index in [4.69, 9.17) is 4.52 Å². The number of amides is 1. The van der Waals surface area contributed by atoms with Crippen LogP contribution in [0.3, 0.4) is 0 Å². The Morgan fingerprint density at radius 1 is 1.13 bits per heavy atom. The summed E-state index contributed by atoms with van der Waals surface area (Å²) in [7, 11) is 0. The lowest BCUT2D eigenvalue weighted by molar-refractivity contribution is -0.384. The van der Waals surface area contributed by atoms with E-state index in [9.17, 15) is 14.9 Å². The molecule has 1 aliphatic heterocycles. The zero-order valence-corrected chi connectivity index (χ0v) is 16.4. The van der Waals surface area contributed by atoms with Crippen LogP contribution in [0.5, 0.6) is 0 Å². The average molecular weight is 406 g/mol. The Morgan fingerprint density at radius 3 is 2.63 bits per heavy atom. The number of aromatic nitrogens is 1. The SMILES string of the molecule is O=C(NC1CCN(Cc2ccccc2)CC1)c1cc(-c2cccc([N+](=O)[O-])c2)on1. The van der Waals surface area contributed by atoms with E-state index < -0.39 is 4.92 Å². The molecule has 1 saturated heterocycles. The third-order valence-electron chi connectivity index (χ3n) is 5.26. The predicted molar refractivity (Wildman–Crippen MR) is 111 cm³/mol. The Labute approximate surface area is 173 Å². The highest BCUT2D eigenvalue weighted by atomic mass is 16.6. The maximum Gasteiger partial charge on any atom is 0.273 e. The van der Waals surface area contributed by atoms with Crippen molar-refractivity contribution in [2.75, 3.05) is 13.1 Å². The number of carbonyl (C=O) groups is 1. The summed E-state index contributed by atoms with van der Waals surface area (Å²) < 4.78 is 5.24. The van der Waals surface area contributed by atoms with Gasteiger partial charge >= 0.3 is 0 Å². The number of rotatable bonds is 6. The smallest absolute Gasteiger partial charge is 0.273 e. The van der Waals surface area contributed by atoms with E-state index in [0.29, 0.717) is 11.3 Å². The predicted octanol–water partition coefficient (Wildman–Crippen LogP) is 3.64. The molecule has 30 heavy (non-hydrogen) atoms. The van der Waals surface area contributed by atoms with E-state index in [0.717, 1.165) is 32.5 Å². The molecule has 3 aromatic rings. The van der Waals surface area contributed by atoms with Gasteiger partial charge in [-0.2, -0.15) is 0 Å². The highest BCUT2D eigenvalue weighted by molar-refractivity contribution is 5.93. The lowest BCUT2D eigenvalue weighted by atomic mass is 10.0. The first kappa shape index (κ1) is 19.8. The monoisotopic (exact) mass is 406 g/mol. The number of piperidine rings is 1. The maximum atomic E-state index is 12.5. The second kappa shape index (κ2) is 8.87. The minimum Gasteiger partial charge on any atom is -0.355 e. The Morgan fingerprint density at radius 2 is 1.90 bits per heavy atom. The molecule has 4 rings (SSSR count). The minimum atomic E-state index is -0.475. The van der Waals surface area contributed by atoms with E-state index in [1.807, 2.05) is 18.2 Å². The largest absolute Gasteiger partial charge is 0.355 e. The van der Waals surface area contributed by atoms with Crippen LogP contribution in [-0.4, -0.2) is 40.0 Å². The molecule has 0 aliphatic carbocycles. The van der Waals surface area contributed by atoms with Gasteiger partial charge in [0.1, 0.15) is 0 Å². The quantitative estimate of drug-likeness (QED) is 0.495. The van der Waals surface area contributed by atoms with Gasteiger partial charge in [0.05, 0.1) is 4.92 Å². The van der Waals surface area contributed by atoms with Gasteiger partial charge in [-0.05, 0) is 18.4 Å². The standard InChI is InChI=1S/C22H22N4O4/c27-22(20-14-21(30-24-20)17-7-4-8-19(13-17)26(28)29)23-18-9-11-25(12-10-18)15-16-5-2-1-3-6-16/h1-8,13-14,18H,9-12,15H2,(H,23,27). The van der Waals surface area contributed by atoms with Crippen LogP contribution < -0.4 is 5.32 Å². The number of hydrogen-bond acceptors (Lipinski definition) is 6. The molecule has 0 unspecified atom stereocenters. The van der Waals surface area contributed by atoms with Crippen molar-refractivity contribution in [3.63, 3.8) is 0 Å². The highest BCUT2D eigenvalue weighted by Crippen LogP contribution is 2.24. The summed E-state index contributed by atoms with van der Waals surface area (Å²) in [6.45, 7) is 2.74. The van der Waals surface area contributed by atoms with Gasteiger partial charge in [-0.15, -0.1) is 0 Å². The number of non-ortho nitro benzene ring substituents is 1. The molecule has 8 heteroatoms. The first-order valence-electron chi connectivity index (χ1n) is 9.87. The molecule has 1 amide bonds. The second-order valence-electron chi connectivity index (χ2n) is 7.39. The number of benzene rings is 2. The number of nitro benzene ring substituents is 1. The van der Waals surface area contributed by atoms with Crippen molar-refractivity contribution in [2.45, 2.75) is 25.4 Å². The molecule has 1 aromatic heterocycles. The van der Waals surface area contributed by atoms with Crippen LogP contribution in [0.4, 0.5) is 5.69 Å². The average Bonchev–Trinajstić information content (AvgIpc) is 3.26. The van der Waals surface area contributed by atoms with Gasteiger partial charge in [-0.25, -0.2) is 0 Å². The Balaban J connectivity index is 1.32. The number of likely N-dealkylation sites (tertiary alicyclic amines) is 1. The van der Waals surface area contributed by atoms with Gasteiger partial charge < -0.3 is 9.84 Å². The Kier molecular flexibility index (Phi) is 5.85. The number of nitrogens with one attached hydrogen (secondary N) is 1. The molecule has 0 saturated carbocycles. The Bertz CT molecular complexity index is 1030. The van der Waals surface area contributed by atoms with E-state index >= 15 is 0 Å². The maximum absolute atomic E-state index is 12.5. The van der Waals surface area contributed by atoms with Crippen molar-refractivity contribution in [1.82, 2.24) is 15.4 Å². The summed E-state index contributed by atoms with van der Waals surface area (Å²) in [5.74, 6) is 0.0264. The van der Waals surface area contributed by atoms with E-state index in [2.05, 4.69) is 27.5 Å². The summed E-state index contributed by atoms with van der Waals surface area (Å²) in [5, 5.41) is 17.8. The van der Waals surface area contributed by atoms with Gasteiger partial charge in [0.15, 0.2) is 11.5 Å². The Hall–Kier alpha value is -3.52. The number of carbonyl (C=O) groups excluding carboxylic acids is 1. The van der Waals surface area contributed by atoms with Crippen molar-refractivity contribution in [3.8, 4) is 11.3 Å². The third-order valence-corrected chi connectivity index (χ3v) is 5.26. The van der Waals surface area contributed by atoms with Crippen molar-refractivity contribution in [1.29, 1.82) is 0 Å². The fourth-order valence-corrected chi connectivity index (χ4v) is 3.63. The van der Waals surface area contributed by atoms with E-state index in [1.54, 1.807) is 12.1 Å². The van der Waals surface area contributed by atoms with Gasteiger partial charge in [-0.3, -0.25) is 19.8 Å². The third kappa shape index (κ3) is 4.72. The fraction of sp³-hybridized carbons (Fsp3) is 0.273. The number of nitro groups is 1. The summed E-state index contributed by atoms with van der Waals surface area (Å²) in [4.78, 5) is 25.4. The van der Waals surface area contributed by atoms with Gasteiger partial charge in [0.2, 0.25) is 0 Å². The molecule has 2 heterocycles. The summed E-state index contributed by atoms with van der Waals surface area (Å²) in [6, 6.07) is 18.0. The number of nitrogens with zero attached hydrogens (tertiary/aromatic N) is 3. The van der Waals surface area contributed by atoms with Crippen LogP contribution in [0, 0.1) is 10.1 Å². The zero-order chi connectivity index (χ0) is 20.9. The lowest BCUT2D eigenvalue weighted by Gasteiger charge is -2.32. The summed E-state index contributed by atoms with van der Waals surface area (Å²) >= 11 is 0. The van der Waals surface area contributed by atoms with Crippen LogP contribution in [0.15, 0.2) is 65.2 Å². The van der Waals surface area contributed by atoms with E-state index in [1.165, 1.54) is 23.8 Å². The van der Waals surface area contributed by atoms with Gasteiger partial charge in [-0.1, -0.05) is 47.6 Å². The molecule has 0 bridgehead atoms. The van der Waals surface area contributed by atoms with Crippen molar-refractivity contribution >= 4 is 11.6 Å². The molecule has 1 fully saturated rings. The molecule has 0 atom stereocenters. The van der Waals surface area contributed by atoms with Crippen LogP contribution in [-0.2, 0) is 6.54 Å². The zero-order valence-electron chi connectivity index (χ0n) is 16.4. The van der Waals surface area contributed by atoms with Crippen LogP contribution in [0.2, 0.25) is 0 Å². The lowest BCUT2D eigenvalue weighted by Crippen LogP contribution is -2.44. The van der Waals surface area contributed by atoms with Crippen molar-refractivity contribution < 1.29 is 14.2 Å². The molecule has 2 aromatic carbocycles. The molecule has 0 radical (unpaired) electrons. The number of hydrogen-bond donors (Lipinski definition) is 1. The van der Waals surface area contributed by atoms with Crippen LogP contribution in [0.25, 0.3) is 11.3 Å². The fourth-order valence-electron chi connectivity index (χ4n) is 3.63. The van der Waals surface area contributed by atoms with E-state index in [-0.39, 0.29) is 23.3 Å². The summed E-state index contributed by atoms with van der Waals surface area (Å²) in [5.41, 5.74) is 1.92. The van der Waals surface area contributed by atoms with Crippen molar-refractivity contribution in [3.05, 3.63) is 82.0 Å².